The molecule has 1 heterocycles. The average Bonchev–Trinajstić information content (AvgIpc) is 2.97. The third-order valence-electron chi connectivity index (χ3n) is 4.73. The minimum atomic E-state index is 0.0577. The van der Waals surface area contributed by atoms with E-state index >= 15 is 0 Å². The summed E-state index contributed by atoms with van der Waals surface area (Å²) in [6, 6.07) is 20.5. The molecule has 4 heteroatoms. The Morgan fingerprint density at radius 1 is 1.04 bits per heavy atom. The number of benzene rings is 2. The van der Waals surface area contributed by atoms with Crippen molar-refractivity contribution in [3.05, 3.63) is 89.2 Å². The Kier molecular flexibility index (Phi) is 5.52. The number of hydrogen-bond acceptors (Lipinski definition) is 2. The van der Waals surface area contributed by atoms with E-state index in [9.17, 15) is 4.79 Å². The van der Waals surface area contributed by atoms with Crippen LogP contribution in [0.1, 0.15) is 34.7 Å². The molecule has 0 spiro atoms. The molecule has 0 N–H and O–H groups in total. The molecule has 2 aromatic carbocycles. The van der Waals surface area contributed by atoms with Crippen LogP contribution in [0.4, 0.5) is 0 Å². The molecule has 4 nitrogen and oxygen atoms in total. The van der Waals surface area contributed by atoms with Gasteiger partial charge in [0.15, 0.2) is 0 Å². The molecule has 134 valence electrons. The van der Waals surface area contributed by atoms with Gasteiger partial charge in [0.2, 0.25) is 5.91 Å². The van der Waals surface area contributed by atoms with E-state index in [2.05, 4.69) is 29.4 Å². The van der Waals surface area contributed by atoms with Gasteiger partial charge in [-0.2, -0.15) is 5.10 Å². The van der Waals surface area contributed by atoms with E-state index in [0.29, 0.717) is 13.0 Å². The zero-order valence-electron chi connectivity index (χ0n) is 15.6. The summed E-state index contributed by atoms with van der Waals surface area (Å²) in [5.41, 5.74) is 4.38. The maximum absolute atomic E-state index is 12.9. The first-order valence-electron chi connectivity index (χ1n) is 8.87. The van der Waals surface area contributed by atoms with Crippen molar-refractivity contribution in [3.8, 4) is 0 Å². The fourth-order valence-corrected chi connectivity index (χ4v) is 3.28. The van der Waals surface area contributed by atoms with Gasteiger partial charge >= 0.3 is 0 Å². The van der Waals surface area contributed by atoms with Crippen molar-refractivity contribution < 1.29 is 4.79 Å². The molecular weight excluding hydrogens is 322 g/mol. The number of aryl methyl sites for hydroxylation is 2. The Morgan fingerprint density at radius 2 is 1.58 bits per heavy atom. The lowest BCUT2D eigenvalue weighted by atomic mass is 9.88. The molecule has 0 aliphatic carbocycles. The second-order valence-corrected chi connectivity index (χ2v) is 6.74. The highest BCUT2D eigenvalue weighted by atomic mass is 16.2. The summed E-state index contributed by atoms with van der Waals surface area (Å²) in [7, 11) is 3.76. The summed E-state index contributed by atoms with van der Waals surface area (Å²) in [5.74, 6) is 0.188. The van der Waals surface area contributed by atoms with E-state index in [0.717, 1.165) is 22.4 Å². The number of aromatic nitrogens is 2. The second-order valence-electron chi connectivity index (χ2n) is 6.74. The molecule has 0 fully saturated rings. The highest BCUT2D eigenvalue weighted by molar-refractivity contribution is 5.77. The van der Waals surface area contributed by atoms with Crippen molar-refractivity contribution in [1.29, 1.82) is 0 Å². The Bertz CT molecular complexity index is 816. The summed E-state index contributed by atoms with van der Waals surface area (Å²) >= 11 is 0. The predicted octanol–water partition coefficient (Wildman–Crippen LogP) is 3.91. The van der Waals surface area contributed by atoms with Gasteiger partial charge in [-0.3, -0.25) is 9.48 Å². The van der Waals surface area contributed by atoms with Gasteiger partial charge in [-0.1, -0.05) is 60.7 Å². The topological polar surface area (TPSA) is 38.1 Å². The lowest BCUT2D eigenvalue weighted by Crippen LogP contribution is -2.28. The van der Waals surface area contributed by atoms with Crippen LogP contribution in [0.5, 0.6) is 0 Å². The maximum atomic E-state index is 12.9. The largest absolute Gasteiger partial charge is 0.341 e. The zero-order chi connectivity index (χ0) is 18.5. The van der Waals surface area contributed by atoms with Crippen molar-refractivity contribution in [1.82, 2.24) is 14.7 Å². The van der Waals surface area contributed by atoms with Crippen LogP contribution in [0.2, 0.25) is 0 Å². The second kappa shape index (κ2) is 8.00. The van der Waals surface area contributed by atoms with Crippen molar-refractivity contribution in [3.63, 3.8) is 0 Å². The number of rotatable bonds is 6. The predicted molar refractivity (Wildman–Crippen MR) is 104 cm³/mol. The Hall–Kier alpha value is -2.88. The summed E-state index contributed by atoms with van der Waals surface area (Å²) in [4.78, 5) is 14.7. The van der Waals surface area contributed by atoms with E-state index in [4.69, 9.17) is 0 Å². The summed E-state index contributed by atoms with van der Waals surface area (Å²) in [6.07, 6.45) is 2.43. The van der Waals surface area contributed by atoms with Gasteiger partial charge in [0, 0.05) is 44.7 Å². The minimum Gasteiger partial charge on any atom is -0.341 e. The van der Waals surface area contributed by atoms with Crippen LogP contribution in [0.15, 0.2) is 66.9 Å². The number of amides is 1. The Morgan fingerprint density at radius 3 is 2.04 bits per heavy atom. The smallest absolute Gasteiger partial charge is 0.223 e. The van der Waals surface area contributed by atoms with Gasteiger partial charge in [0.1, 0.15) is 0 Å². The van der Waals surface area contributed by atoms with Gasteiger partial charge in [-0.05, 0) is 18.1 Å². The lowest BCUT2D eigenvalue weighted by Gasteiger charge is -2.22. The van der Waals surface area contributed by atoms with Crippen LogP contribution < -0.4 is 0 Å². The fourth-order valence-electron chi connectivity index (χ4n) is 3.28. The third kappa shape index (κ3) is 4.20. The average molecular weight is 347 g/mol. The van der Waals surface area contributed by atoms with Crippen molar-refractivity contribution in [2.45, 2.75) is 25.8 Å². The molecule has 0 saturated carbocycles. The molecule has 0 radical (unpaired) electrons. The monoisotopic (exact) mass is 347 g/mol. The first kappa shape index (κ1) is 17.9. The molecule has 0 aliphatic rings. The highest BCUT2D eigenvalue weighted by Crippen LogP contribution is 2.28. The van der Waals surface area contributed by atoms with Gasteiger partial charge in [0.05, 0.1) is 5.69 Å². The molecule has 0 bridgehead atoms. The Labute approximate surface area is 155 Å². The molecule has 26 heavy (non-hydrogen) atoms. The summed E-state index contributed by atoms with van der Waals surface area (Å²) < 4.78 is 1.79. The van der Waals surface area contributed by atoms with Crippen LogP contribution >= 0.6 is 0 Å². The summed E-state index contributed by atoms with van der Waals surface area (Å²) in [5, 5.41) is 4.36. The SMILES string of the molecule is Cc1nn(C)cc1CN(C)C(=O)CC(c1ccccc1)c1ccccc1. The van der Waals surface area contributed by atoms with Crippen molar-refractivity contribution in [2.75, 3.05) is 7.05 Å². The van der Waals surface area contributed by atoms with E-state index in [1.54, 1.807) is 9.58 Å². The van der Waals surface area contributed by atoms with Crippen LogP contribution in [-0.2, 0) is 18.4 Å². The van der Waals surface area contributed by atoms with E-state index in [1.165, 1.54) is 0 Å². The quantitative estimate of drug-likeness (QED) is 0.678. The number of hydrogen-bond donors (Lipinski definition) is 0. The maximum Gasteiger partial charge on any atom is 0.223 e. The molecule has 0 saturated heterocycles. The highest BCUT2D eigenvalue weighted by Gasteiger charge is 2.21. The molecule has 0 atom stereocenters. The Balaban J connectivity index is 1.78. The van der Waals surface area contributed by atoms with Crippen molar-refractivity contribution in [2.24, 2.45) is 7.05 Å². The van der Waals surface area contributed by atoms with Crippen LogP contribution in [-0.4, -0.2) is 27.6 Å². The van der Waals surface area contributed by atoms with Crippen LogP contribution in [0.25, 0.3) is 0 Å². The first-order valence-corrected chi connectivity index (χ1v) is 8.87. The fraction of sp³-hybridized carbons (Fsp3) is 0.273. The molecule has 3 rings (SSSR count). The number of carbonyl (C=O) groups excluding carboxylic acids is 1. The normalized spacial score (nSPS) is 10.9. The molecule has 1 amide bonds. The molecule has 3 aromatic rings. The third-order valence-corrected chi connectivity index (χ3v) is 4.73. The first-order chi connectivity index (χ1) is 12.5. The van der Waals surface area contributed by atoms with Crippen molar-refractivity contribution >= 4 is 5.91 Å². The lowest BCUT2D eigenvalue weighted by molar-refractivity contribution is -0.130. The zero-order valence-corrected chi connectivity index (χ0v) is 15.6. The molecule has 0 aliphatic heterocycles. The standard InChI is InChI=1S/C22H25N3O/c1-17-20(16-25(3)23-17)15-24(2)22(26)14-21(18-10-6-4-7-11-18)19-12-8-5-9-13-19/h4-13,16,21H,14-15H2,1-3H3. The van der Waals surface area contributed by atoms with E-state index < -0.39 is 0 Å². The van der Waals surface area contributed by atoms with Gasteiger partial charge < -0.3 is 4.90 Å². The number of carbonyl (C=O) groups is 1. The van der Waals surface area contributed by atoms with Gasteiger partial charge in [0.25, 0.3) is 0 Å². The van der Waals surface area contributed by atoms with Crippen LogP contribution in [0, 0.1) is 6.92 Å². The van der Waals surface area contributed by atoms with Gasteiger partial charge in [-0.25, -0.2) is 0 Å². The van der Waals surface area contributed by atoms with E-state index in [-0.39, 0.29) is 11.8 Å². The van der Waals surface area contributed by atoms with E-state index in [1.807, 2.05) is 63.6 Å². The molecular formula is C22H25N3O. The number of nitrogens with zero attached hydrogens (tertiary/aromatic N) is 3. The van der Waals surface area contributed by atoms with Gasteiger partial charge in [-0.15, -0.1) is 0 Å². The van der Waals surface area contributed by atoms with Crippen LogP contribution in [0.3, 0.4) is 0 Å². The molecule has 1 aromatic heterocycles. The summed E-state index contributed by atoms with van der Waals surface area (Å²) in [6.45, 7) is 2.55. The molecule has 0 unspecified atom stereocenters. The minimum absolute atomic E-state index is 0.0577.